The summed E-state index contributed by atoms with van der Waals surface area (Å²) in [4.78, 5) is 36.2. The van der Waals surface area contributed by atoms with Crippen molar-refractivity contribution in [2.24, 2.45) is 0 Å². The molecule has 31 heavy (non-hydrogen) atoms. The van der Waals surface area contributed by atoms with Gasteiger partial charge in [0.2, 0.25) is 0 Å². The Labute approximate surface area is 181 Å². The van der Waals surface area contributed by atoms with E-state index in [0.717, 1.165) is 13.1 Å². The summed E-state index contributed by atoms with van der Waals surface area (Å²) in [6.45, 7) is 7.61. The zero-order valence-corrected chi connectivity index (χ0v) is 18.0. The molecule has 0 unspecified atom stereocenters. The largest absolute Gasteiger partial charge is 0.484 e. The predicted octanol–water partition coefficient (Wildman–Crippen LogP) is 2.77. The number of rotatable bonds is 6. The lowest BCUT2D eigenvalue weighted by atomic mass is 10.0. The Hall–Kier alpha value is -3.19. The van der Waals surface area contributed by atoms with Gasteiger partial charge < -0.3 is 14.6 Å². The number of aromatic amines is 1. The van der Waals surface area contributed by atoms with Crippen LogP contribution in [0.5, 0.6) is 5.75 Å². The van der Waals surface area contributed by atoms with Crippen LogP contribution in [0.1, 0.15) is 31.2 Å². The Bertz CT molecular complexity index is 1100. The third-order valence-electron chi connectivity index (χ3n) is 5.67. The fourth-order valence-electron chi connectivity index (χ4n) is 3.76. The maximum atomic E-state index is 12.5. The summed E-state index contributed by atoms with van der Waals surface area (Å²) in [5, 5.41) is 0.598. The first-order chi connectivity index (χ1) is 15.0. The lowest BCUT2D eigenvalue weighted by Crippen LogP contribution is -2.49. The topological polar surface area (TPSA) is 78.5 Å². The first-order valence-corrected chi connectivity index (χ1v) is 10.7. The molecule has 1 aliphatic heterocycles. The summed E-state index contributed by atoms with van der Waals surface area (Å²) in [5.41, 5.74) is 1.83. The second kappa shape index (κ2) is 9.31. The zero-order chi connectivity index (χ0) is 21.8. The lowest BCUT2D eigenvalue weighted by Gasteiger charge is -2.34. The maximum absolute atomic E-state index is 12.5. The number of hydrogen-bond donors (Lipinski definition) is 1. The molecule has 2 heterocycles. The number of benzene rings is 2. The van der Waals surface area contributed by atoms with Crippen molar-refractivity contribution < 1.29 is 9.53 Å². The van der Waals surface area contributed by atoms with Crippen LogP contribution in [0.25, 0.3) is 10.9 Å². The number of piperazine rings is 1. The molecule has 3 aromatic rings. The number of amides is 1. The van der Waals surface area contributed by atoms with Gasteiger partial charge in [-0.15, -0.1) is 0 Å². The van der Waals surface area contributed by atoms with Crippen molar-refractivity contribution in [2.75, 3.05) is 32.8 Å². The molecule has 7 heteroatoms. The van der Waals surface area contributed by atoms with Crippen LogP contribution in [0.15, 0.2) is 53.3 Å². The number of nitrogens with one attached hydrogen (secondary N) is 1. The van der Waals surface area contributed by atoms with Crippen LogP contribution in [0, 0.1) is 0 Å². The second-order valence-electron chi connectivity index (χ2n) is 8.20. The second-order valence-corrected chi connectivity index (χ2v) is 8.20. The van der Waals surface area contributed by atoms with Crippen LogP contribution in [0.2, 0.25) is 0 Å². The molecule has 1 aliphatic rings. The Morgan fingerprint density at radius 2 is 1.77 bits per heavy atom. The van der Waals surface area contributed by atoms with Crippen molar-refractivity contribution in [1.29, 1.82) is 0 Å². The van der Waals surface area contributed by atoms with Crippen LogP contribution in [0.3, 0.4) is 0 Å². The molecule has 0 radical (unpaired) electrons. The van der Waals surface area contributed by atoms with E-state index in [1.54, 1.807) is 6.07 Å². The molecule has 1 saturated heterocycles. The smallest absolute Gasteiger partial charge is 0.260 e. The fraction of sp³-hybridized carbons (Fsp3) is 0.375. The monoisotopic (exact) mass is 420 g/mol. The first kappa shape index (κ1) is 21.1. The highest BCUT2D eigenvalue weighted by Gasteiger charge is 2.22. The molecule has 2 aromatic carbocycles. The molecule has 1 amide bonds. The van der Waals surface area contributed by atoms with Gasteiger partial charge in [0, 0.05) is 26.2 Å². The van der Waals surface area contributed by atoms with E-state index in [1.165, 1.54) is 5.56 Å². The Balaban J connectivity index is 1.27. The van der Waals surface area contributed by atoms with Gasteiger partial charge in [-0.3, -0.25) is 14.5 Å². The van der Waals surface area contributed by atoms with E-state index in [4.69, 9.17) is 4.74 Å². The lowest BCUT2D eigenvalue weighted by molar-refractivity contribution is -0.135. The summed E-state index contributed by atoms with van der Waals surface area (Å²) < 4.78 is 5.68. The SMILES string of the molecule is CC(C)c1ccc(OCC(=O)N2CCN(Cc3nc4ccccc4c(=O)[nH]3)CC2)cc1. The first-order valence-electron chi connectivity index (χ1n) is 10.7. The van der Waals surface area contributed by atoms with E-state index >= 15 is 0 Å². The third kappa shape index (κ3) is 5.11. The molecule has 0 spiro atoms. The minimum atomic E-state index is -0.118. The Morgan fingerprint density at radius 1 is 1.06 bits per heavy atom. The summed E-state index contributed by atoms with van der Waals surface area (Å²) in [6.07, 6.45) is 0. The van der Waals surface area contributed by atoms with E-state index in [1.807, 2.05) is 47.4 Å². The van der Waals surface area contributed by atoms with Gasteiger partial charge in [0.15, 0.2) is 6.61 Å². The van der Waals surface area contributed by atoms with Crippen molar-refractivity contribution in [3.63, 3.8) is 0 Å². The molecule has 0 saturated carbocycles. The van der Waals surface area contributed by atoms with Crippen molar-refractivity contribution in [3.05, 3.63) is 70.3 Å². The average molecular weight is 421 g/mol. The maximum Gasteiger partial charge on any atom is 0.260 e. The van der Waals surface area contributed by atoms with Crippen molar-refractivity contribution in [2.45, 2.75) is 26.3 Å². The molecule has 4 rings (SSSR count). The van der Waals surface area contributed by atoms with Gasteiger partial charge >= 0.3 is 0 Å². The number of nitrogens with zero attached hydrogens (tertiary/aromatic N) is 3. The average Bonchev–Trinajstić information content (AvgIpc) is 2.78. The highest BCUT2D eigenvalue weighted by atomic mass is 16.5. The van der Waals surface area contributed by atoms with Crippen molar-refractivity contribution in [1.82, 2.24) is 19.8 Å². The van der Waals surface area contributed by atoms with Gasteiger partial charge in [-0.25, -0.2) is 4.98 Å². The minimum absolute atomic E-state index is 0.00942. The van der Waals surface area contributed by atoms with E-state index in [2.05, 4.69) is 28.7 Å². The number of H-pyrrole nitrogens is 1. The standard InChI is InChI=1S/C24H28N4O3/c1-17(2)18-7-9-19(10-8-18)31-16-23(29)28-13-11-27(12-14-28)15-22-25-21-6-4-3-5-20(21)24(30)26-22/h3-10,17H,11-16H2,1-2H3,(H,25,26,30). The van der Waals surface area contributed by atoms with E-state index in [9.17, 15) is 9.59 Å². The number of aromatic nitrogens is 2. The molecule has 1 aromatic heterocycles. The zero-order valence-electron chi connectivity index (χ0n) is 18.0. The number of carbonyl (C=O) groups excluding carboxylic acids is 1. The highest BCUT2D eigenvalue weighted by molar-refractivity contribution is 5.78. The highest BCUT2D eigenvalue weighted by Crippen LogP contribution is 2.18. The number of carbonyl (C=O) groups is 1. The van der Waals surface area contributed by atoms with Crippen LogP contribution in [-0.2, 0) is 11.3 Å². The minimum Gasteiger partial charge on any atom is -0.484 e. The van der Waals surface area contributed by atoms with E-state index in [-0.39, 0.29) is 18.1 Å². The number of para-hydroxylation sites is 1. The number of ether oxygens (including phenoxy) is 1. The van der Waals surface area contributed by atoms with E-state index < -0.39 is 0 Å². The van der Waals surface area contributed by atoms with Crippen LogP contribution < -0.4 is 10.3 Å². The molecule has 0 atom stereocenters. The van der Waals surface area contributed by atoms with Crippen molar-refractivity contribution in [3.8, 4) is 5.75 Å². The molecule has 7 nitrogen and oxygen atoms in total. The van der Waals surface area contributed by atoms with Crippen LogP contribution in [-0.4, -0.2) is 58.5 Å². The van der Waals surface area contributed by atoms with Gasteiger partial charge in [-0.1, -0.05) is 38.1 Å². The Morgan fingerprint density at radius 3 is 2.48 bits per heavy atom. The summed E-state index contributed by atoms with van der Waals surface area (Å²) >= 11 is 0. The van der Waals surface area contributed by atoms with Gasteiger partial charge in [-0.05, 0) is 35.7 Å². The quantitative estimate of drug-likeness (QED) is 0.663. The van der Waals surface area contributed by atoms with Crippen molar-refractivity contribution >= 4 is 16.8 Å². The van der Waals surface area contributed by atoms with E-state index in [0.29, 0.717) is 48.0 Å². The molecule has 0 aliphatic carbocycles. The predicted molar refractivity (Wildman–Crippen MR) is 120 cm³/mol. The van der Waals surface area contributed by atoms with Crippen LogP contribution in [0.4, 0.5) is 0 Å². The summed E-state index contributed by atoms with van der Waals surface area (Å²) in [5.74, 6) is 1.82. The molecule has 0 bridgehead atoms. The molecule has 162 valence electrons. The third-order valence-corrected chi connectivity index (χ3v) is 5.67. The number of fused-ring (bicyclic) bond motifs is 1. The molecular weight excluding hydrogens is 392 g/mol. The summed E-state index contributed by atoms with van der Waals surface area (Å²) in [6, 6.07) is 15.2. The van der Waals surface area contributed by atoms with Gasteiger partial charge in [0.05, 0.1) is 17.4 Å². The summed E-state index contributed by atoms with van der Waals surface area (Å²) in [7, 11) is 0. The van der Waals surface area contributed by atoms with Gasteiger partial charge in [0.25, 0.3) is 11.5 Å². The normalized spacial score (nSPS) is 14.9. The molecule has 1 N–H and O–H groups in total. The fourth-order valence-corrected chi connectivity index (χ4v) is 3.76. The van der Waals surface area contributed by atoms with Crippen LogP contribution >= 0.6 is 0 Å². The molecule has 1 fully saturated rings. The molecular formula is C24H28N4O3. The van der Waals surface area contributed by atoms with Gasteiger partial charge in [-0.2, -0.15) is 0 Å². The Kier molecular flexibility index (Phi) is 6.32. The van der Waals surface area contributed by atoms with Gasteiger partial charge in [0.1, 0.15) is 11.6 Å². The number of hydrogen-bond acceptors (Lipinski definition) is 5.